The molecule has 1 aromatic carbocycles. The molecule has 30 heavy (non-hydrogen) atoms. The summed E-state index contributed by atoms with van der Waals surface area (Å²) in [7, 11) is 0. The van der Waals surface area contributed by atoms with Gasteiger partial charge in [-0.3, -0.25) is 14.4 Å². The maximum Gasteiger partial charge on any atom is 0.291 e. The van der Waals surface area contributed by atoms with E-state index in [2.05, 4.69) is 15.5 Å². The minimum atomic E-state index is -0.591. The second-order valence-electron chi connectivity index (χ2n) is 8.01. The van der Waals surface area contributed by atoms with Crippen LogP contribution in [-0.4, -0.2) is 48.3 Å². The number of likely N-dealkylation sites (tertiary alicyclic amines) is 1. The number of halogens is 1. The molecule has 0 spiro atoms. The van der Waals surface area contributed by atoms with Crippen molar-refractivity contribution in [1.29, 1.82) is 0 Å². The summed E-state index contributed by atoms with van der Waals surface area (Å²) in [5.74, 6) is -1.24. The van der Waals surface area contributed by atoms with E-state index >= 15 is 0 Å². The summed E-state index contributed by atoms with van der Waals surface area (Å²) in [6.45, 7) is 1.41. The Hall–Kier alpha value is -2.90. The fourth-order valence-electron chi connectivity index (χ4n) is 4.39. The largest absolute Gasteiger partial charge is 0.350 e. The van der Waals surface area contributed by atoms with Crippen LogP contribution in [0.4, 0.5) is 4.39 Å². The van der Waals surface area contributed by atoms with E-state index < -0.39 is 11.7 Å². The van der Waals surface area contributed by atoms with E-state index in [4.69, 9.17) is 0 Å². The van der Waals surface area contributed by atoms with Crippen molar-refractivity contribution in [2.24, 2.45) is 10.2 Å². The molecule has 1 aliphatic carbocycles. The average molecular weight is 412 g/mol. The summed E-state index contributed by atoms with van der Waals surface area (Å²) >= 11 is 0. The molecule has 0 radical (unpaired) electrons. The Morgan fingerprint density at radius 2 is 2.00 bits per heavy atom. The number of azo groups is 1. The third-order valence-electron chi connectivity index (χ3n) is 6.00. The Morgan fingerprint density at radius 1 is 1.17 bits per heavy atom. The van der Waals surface area contributed by atoms with E-state index in [9.17, 15) is 18.8 Å². The minimum Gasteiger partial charge on any atom is -0.350 e. The molecule has 4 rings (SSSR count). The van der Waals surface area contributed by atoms with E-state index in [0.29, 0.717) is 25.9 Å². The molecule has 2 heterocycles. The predicted octanol–water partition coefficient (Wildman–Crippen LogP) is 2.95. The molecular weight excluding hydrogens is 387 g/mol. The molecular formula is C22H25FN4O3. The van der Waals surface area contributed by atoms with Crippen molar-refractivity contribution in [3.63, 3.8) is 0 Å². The lowest BCUT2D eigenvalue weighted by atomic mass is 9.84. The van der Waals surface area contributed by atoms with Gasteiger partial charge in [-0.25, -0.2) is 4.39 Å². The molecule has 1 aromatic rings. The molecule has 0 bridgehead atoms. The van der Waals surface area contributed by atoms with Crippen molar-refractivity contribution in [3.8, 4) is 0 Å². The van der Waals surface area contributed by atoms with Crippen LogP contribution in [0.3, 0.4) is 0 Å². The zero-order valence-corrected chi connectivity index (χ0v) is 16.8. The third kappa shape index (κ3) is 4.32. The lowest BCUT2D eigenvalue weighted by Crippen LogP contribution is -2.35. The van der Waals surface area contributed by atoms with Crippen molar-refractivity contribution < 1.29 is 18.8 Å². The van der Waals surface area contributed by atoms with E-state index in [-0.39, 0.29) is 30.0 Å². The summed E-state index contributed by atoms with van der Waals surface area (Å²) in [5, 5.41) is 10.7. The van der Waals surface area contributed by atoms with Crippen LogP contribution in [0.2, 0.25) is 0 Å². The summed E-state index contributed by atoms with van der Waals surface area (Å²) < 4.78 is 14.3. The second kappa shape index (κ2) is 8.85. The van der Waals surface area contributed by atoms with Gasteiger partial charge in [-0.1, -0.05) is 6.07 Å². The van der Waals surface area contributed by atoms with Crippen LogP contribution in [-0.2, 0) is 16.0 Å². The van der Waals surface area contributed by atoms with Gasteiger partial charge in [0.05, 0.1) is 11.6 Å². The van der Waals surface area contributed by atoms with Gasteiger partial charge in [0, 0.05) is 38.0 Å². The van der Waals surface area contributed by atoms with Crippen LogP contribution in [0.1, 0.15) is 54.4 Å². The van der Waals surface area contributed by atoms with Gasteiger partial charge >= 0.3 is 0 Å². The summed E-state index contributed by atoms with van der Waals surface area (Å²) in [6, 6.07) is 4.24. The maximum absolute atomic E-state index is 14.3. The van der Waals surface area contributed by atoms with Gasteiger partial charge in [-0.15, -0.1) is 5.11 Å². The first kappa shape index (κ1) is 20.4. The van der Waals surface area contributed by atoms with Crippen LogP contribution >= 0.6 is 0 Å². The molecule has 1 saturated heterocycles. The van der Waals surface area contributed by atoms with Gasteiger partial charge < -0.3 is 10.2 Å². The zero-order chi connectivity index (χ0) is 21.1. The fraction of sp³-hybridized carbons (Fsp3) is 0.500. The van der Waals surface area contributed by atoms with E-state index in [1.807, 2.05) is 0 Å². The Morgan fingerprint density at radius 3 is 2.80 bits per heavy atom. The molecule has 8 heteroatoms. The van der Waals surface area contributed by atoms with Crippen LogP contribution in [0, 0.1) is 5.82 Å². The van der Waals surface area contributed by atoms with Crippen LogP contribution in [0.15, 0.2) is 39.6 Å². The van der Waals surface area contributed by atoms with E-state index in [1.165, 1.54) is 6.07 Å². The molecule has 1 N–H and O–H groups in total. The number of hydrogen-bond donors (Lipinski definition) is 1. The highest BCUT2D eigenvalue weighted by atomic mass is 19.1. The second-order valence-corrected chi connectivity index (χ2v) is 8.01. The number of rotatable bonds is 6. The van der Waals surface area contributed by atoms with E-state index in [1.54, 1.807) is 17.0 Å². The first-order valence-corrected chi connectivity index (χ1v) is 10.5. The zero-order valence-electron chi connectivity index (χ0n) is 16.8. The van der Waals surface area contributed by atoms with Gasteiger partial charge in [0.15, 0.2) is 0 Å². The third-order valence-corrected chi connectivity index (χ3v) is 6.00. The standard InChI is InChI=1S/C22H25FN4O3/c23-18-8-7-14(13-19-15-4-1-2-5-16(15)22(30)26-25-19)12-17(18)21(29)24-9-11-27-10-3-6-20(27)28/h7-8,12,19H,1-6,9-11,13H2,(H,24,29). The first-order chi connectivity index (χ1) is 14.5. The normalized spacial score (nSPS) is 21.2. The van der Waals surface area contributed by atoms with Crippen molar-refractivity contribution >= 4 is 17.7 Å². The van der Waals surface area contributed by atoms with Crippen molar-refractivity contribution in [2.75, 3.05) is 19.6 Å². The summed E-state index contributed by atoms with van der Waals surface area (Å²) in [5.41, 5.74) is 2.55. The molecule has 0 aromatic heterocycles. The van der Waals surface area contributed by atoms with Gasteiger partial charge in [0.1, 0.15) is 5.82 Å². The summed E-state index contributed by atoms with van der Waals surface area (Å²) in [6.07, 6.45) is 5.43. The van der Waals surface area contributed by atoms with Gasteiger partial charge in [-0.2, -0.15) is 5.11 Å². The number of nitrogens with zero attached hydrogens (tertiary/aromatic N) is 3. The maximum atomic E-state index is 14.3. The number of hydrogen-bond acceptors (Lipinski definition) is 4. The molecule has 1 atom stereocenters. The smallest absolute Gasteiger partial charge is 0.291 e. The average Bonchev–Trinajstić information content (AvgIpc) is 3.16. The molecule has 1 unspecified atom stereocenters. The number of carbonyl (C=O) groups excluding carboxylic acids is 3. The molecule has 3 aliphatic rings. The topological polar surface area (TPSA) is 91.2 Å². The van der Waals surface area contributed by atoms with E-state index in [0.717, 1.165) is 48.8 Å². The lowest BCUT2D eigenvalue weighted by molar-refractivity contribution is -0.127. The molecule has 158 valence electrons. The van der Waals surface area contributed by atoms with Crippen molar-refractivity contribution in [3.05, 3.63) is 46.3 Å². The van der Waals surface area contributed by atoms with Gasteiger partial charge in [-0.05, 0) is 55.4 Å². The summed E-state index contributed by atoms with van der Waals surface area (Å²) in [4.78, 5) is 37.8. The van der Waals surface area contributed by atoms with Gasteiger partial charge in [0.25, 0.3) is 11.8 Å². The highest BCUT2D eigenvalue weighted by Gasteiger charge is 2.29. The molecule has 0 saturated carbocycles. The van der Waals surface area contributed by atoms with Crippen molar-refractivity contribution in [2.45, 2.75) is 51.0 Å². The molecule has 2 aliphatic heterocycles. The minimum absolute atomic E-state index is 0.0260. The highest BCUT2D eigenvalue weighted by molar-refractivity contribution is 5.96. The number of benzene rings is 1. The highest BCUT2D eigenvalue weighted by Crippen LogP contribution is 2.33. The number of carbonyl (C=O) groups is 3. The quantitative estimate of drug-likeness (QED) is 0.779. The van der Waals surface area contributed by atoms with Crippen LogP contribution in [0.25, 0.3) is 0 Å². The first-order valence-electron chi connectivity index (χ1n) is 10.5. The number of amides is 3. The van der Waals surface area contributed by atoms with Crippen LogP contribution in [0.5, 0.6) is 0 Å². The molecule has 7 nitrogen and oxygen atoms in total. The van der Waals surface area contributed by atoms with Crippen molar-refractivity contribution in [1.82, 2.24) is 10.2 Å². The Balaban J connectivity index is 1.42. The lowest BCUT2D eigenvalue weighted by Gasteiger charge is -2.25. The van der Waals surface area contributed by atoms with Gasteiger partial charge in [0.2, 0.25) is 5.91 Å². The predicted molar refractivity (Wildman–Crippen MR) is 107 cm³/mol. The monoisotopic (exact) mass is 412 g/mol. The molecule has 1 fully saturated rings. The molecule has 3 amide bonds. The van der Waals surface area contributed by atoms with Crippen LogP contribution < -0.4 is 5.32 Å². The Kier molecular flexibility index (Phi) is 6.01. The fourth-order valence-corrected chi connectivity index (χ4v) is 4.39. The Labute approximate surface area is 174 Å². The number of nitrogens with one attached hydrogen (secondary N) is 1. The Bertz CT molecular complexity index is 940. The SMILES string of the molecule is O=C1N=NC(Cc2ccc(F)c(C(=O)NCCN3CCCC3=O)c2)C2=C1CCCC2.